The first kappa shape index (κ1) is 12.1. The Kier molecular flexibility index (Phi) is 3.90. The van der Waals surface area contributed by atoms with E-state index in [1.54, 1.807) is 38.1 Å². The second kappa shape index (κ2) is 5.17. The Hall–Kier alpha value is -2.02. The molecule has 4 nitrogen and oxygen atoms in total. The van der Waals surface area contributed by atoms with E-state index in [9.17, 15) is 4.79 Å². The third-order valence-electron chi connectivity index (χ3n) is 1.93. The van der Waals surface area contributed by atoms with Gasteiger partial charge in [0, 0.05) is 6.54 Å². The highest BCUT2D eigenvalue weighted by molar-refractivity contribution is 5.70. The first-order chi connectivity index (χ1) is 7.53. The molecule has 1 N–H and O–H groups in total. The Morgan fingerprint density at radius 3 is 2.62 bits per heavy atom. The molecular formula is C12H14N2O2. The standard InChI is InChI=1S/C12H14N2O2/c1-12(2,8-13)9-14-11(15)16-10-6-4-3-5-7-10/h3-7H,9H2,1-2H3,(H,14,15). The van der Waals surface area contributed by atoms with Crippen molar-refractivity contribution in [3.63, 3.8) is 0 Å². The lowest BCUT2D eigenvalue weighted by molar-refractivity contribution is 0.197. The fraction of sp³-hybridized carbons (Fsp3) is 0.333. The maximum atomic E-state index is 11.3. The minimum Gasteiger partial charge on any atom is -0.410 e. The number of hydrogen-bond donors (Lipinski definition) is 1. The Bertz CT molecular complexity index is 393. The molecule has 1 aromatic rings. The van der Waals surface area contributed by atoms with Crippen LogP contribution in [0.3, 0.4) is 0 Å². The summed E-state index contributed by atoms with van der Waals surface area (Å²) in [5.74, 6) is 0.481. The minimum atomic E-state index is -0.588. The van der Waals surface area contributed by atoms with Crippen LogP contribution in [0.4, 0.5) is 4.79 Å². The van der Waals surface area contributed by atoms with E-state index in [2.05, 4.69) is 11.4 Å². The summed E-state index contributed by atoms with van der Waals surface area (Å²) in [6.45, 7) is 3.75. The smallest absolute Gasteiger partial charge is 0.410 e. The summed E-state index contributed by atoms with van der Waals surface area (Å²) in [6.07, 6.45) is -0.547. The van der Waals surface area contributed by atoms with Crippen LogP contribution in [0, 0.1) is 16.7 Å². The van der Waals surface area contributed by atoms with Gasteiger partial charge in [0.15, 0.2) is 0 Å². The highest BCUT2D eigenvalue weighted by Gasteiger charge is 2.18. The normalized spacial score (nSPS) is 10.3. The van der Waals surface area contributed by atoms with Gasteiger partial charge in [0.05, 0.1) is 11.5 Å². The lowest BCUT2D eigenvalue weighted by Gasteiger charge is -2.15. The Labute approximate surface area is 94.8 Å². The van der Waals surface area contributed by atoms with Gasteiger partial charge < -0.3 is 10.1 Å². The van der Waals surface area contributed by atoms with Gasteiger partial charge in [-0.25, -0.2) is 4.79 Å². The monoisotopic (exact) mass is 218 g/mol. The van der Waals surface area contributed by atoms with Gasteiger partial charge in [0.1, 0.15) is 5.75 Å². The minimum absolute atomic E-state index is 0.259. The van der Waals surface area contributed by atoms with Crippen molar-refractivity contribution >= 4 is 6.09 Å². The van der Waals surface area contributed by atoms with E-state index < -0.39 is 11.5 Å². The van der Waals surface area contributed by atoms with Gasteiger partial charge in [-0.05, 0) is 26.0 Å². The second-order valence-electron chi connectivity index (χ2n) is 4.05. The van der Waals surface area contributed by atoms with Crippen molar-refractivity contribution in [3.8, 4) is 11.8 Å². The number of ether oxygens (including phenoxy) is 1. The molecular weight excluding hydrogens is 204 g/mol. The fourth-order valence-electron chi connectivity index (χ4n) is 0.964. The summed E-state index contributed by atoms with van der Waals surface area (Å²) >= 11 is 0. The molecule has 1 aromatic carbocycles. The molecule has 84 valence electrons. The van der Waals surface area contributed by atoms with Gasteiger partial charge in [-0.1, -0.05) is 18.2 Å². The molecule has 0 fully saturated rings. The molecule has 0 unspecified atom stereocenters. The van der Waals surface area contributed by atoms with Gasteiger partial charge in [0.25, 0.3) is 0 Å². The number of nitriles is 1. The van der Waals surface area contributed by atoms with Gasteiger partial charge >= 0.3 is 6.09 Å². The van der Waals surface area contributed by atoms with Gasteiger partial charge in [-0.2, -0.15) is 5.26 Å². The van der Waals surface area contributed by atoms with E-state index >= 15 is 0 Å². The summed E-state index contributed by atoms with van der Waals surface area (Å²) in [6, 6.07) is 10.9. The third-order valence-corrected chi connectivity index (χ3v) is 1.93. The van der Waals surface area contributed by atoms with Crippen LogP contribution in [-0.2, 0) is 0 Å². The number of amides is 1. The van der Waals surface area contributed by atoms with Crippen LogP contribution >= 0.6 is 0 Å². The number of carbonyl (C=O) groups excluding carboxylic acids is 1. The average molecular weight is 218 g/mol. The summed E-state index contributed by atoms with van der Waals surface area (Å²) in [7, 11) is 0. The predicted molar refractivity (Wildman–Crippen MR) is 59.9 cm³/mol. The van der Waals surface area contributed by atoms with E-state index in [0.29, 0.717) is 5.75 Å². The number of nitrogens with zero attached hydrogens (tertiary/aromatic N) is 1. The van der Waals surface area contributed by atoms with Crippen molar-refractivity contribution in [1.82, 2.24) is 5.32 Å². The quantitative estimate of drug-likeness (QED) is 0.846. The fourth-order valence-corrected chi connectivity index (χ4v) is 0.964. The van der Waals surface area contributed by atoms with Crippen LogP contribution in [0.25, 0.3) is 0 Å². The number of nitrogens with one attached hydrogen (secondary N) is 1. The van der Waals surface area contributed by atoms with Crippen molar-refractivity contribution in [3.05, 3.63) is 30.3 Å². The highest BCUT2D eigenvalue weighted by Crippen LogP contribution is 2.11. The van der Waals surface area contributed by atoms with E-state index in [4.69, 9.17) is 10.00 Å². The molecule has 0 aliphatic rings. The SMILES string of the molecule is CC(C)(C#N)CNC(=O)Oc1ccccc1. The van der Waals surface area contributed by atoms with Crippen molar-refractivity contribution in [1.29, 1.82) is 5.26 Å². The van der Waals surface area contributed by atoms with Crippen LogP contribution in [0.2, 0.25) is 0 Å². The second-order valence-corrected chi connectivity index (χ2v) is 4.05. The zero-order valence-corrected chi connectivity index (χ0v) is 9.36. The van der Waals surface area contributed by atoms with Crippen molar-refractivity contribution in [2.75, 3.05) is 6.54 Å². The van der Waals surface area contributed by atoms with Gasteiger partial charge in [-0.15, -0.1) is 0 Å². The molecule has 0 aliphatic heterocycles. The maximum Gasteiger partial charge on any atom is 0.412 e. The zero-order chi connectivity index (χ0) is 12.0. The molecule has 0 bridgehead atoms. The van der Waals surface area contributed by atoms with Gasteiger partial charge in [-0.3, -0.25) is 0 Å². The van der Waals surface area contributed by atoms with Crippen molar-refractivity contribution in [2.45, 2.75) is 13.8 Å². The number of rotatable bonds is 3. The lowest BCUT2D eigenvalue weighted by Crippen LogP contribution is -2.35. The topological polar surface area (TPSA) is 62.1 Å². The number of para-hydroxylation sites is 1. The maximum absolute atomic E-state index is 11.3. The van der Waals surface area contributed by atoms with E-state index in [0.717, 1.165) is 0 Å². The van der Waals surface area contributed by atoms with E-state index in [1.165, 1.54) is 0 Å². The van der Waals surface area contributed by atoms with Crippen molar-refractivity contribution < 1.29 is 9.53 Å². The molecule has 0 saturated carbocycles. The Morgan fingerprint density at radius 1 is 1.44 bits per heavy atom. The van der Waals surface area contributed by atoms with Crippen molar-refractivity contribution in [2.24, 2.45) is 5.41 Å². The zero-order valence-electron chi connectivity index (χ0n) is 9.36. The van der Waals surface area contributed by atoms with Crippen LogP contribution in [0.15, 0.2) is 30.3 Å². The predicted octanol–water partition coefficient (Wildman–Crippen LogP) is 2.32. The number of carbonyl (C=O) groups is 1. The lowest BCUT2D eigenvalue weighted by atomic mass is 9.96. The van der Waals surface area contributed by atoms with Crippen LogP contribution in [0.5, 0.6) is 5.75 Å². The molecule has 0 aliphatic carbocycles. The molecule has 0 aromatic heterocycles. The first-order valence-corrected chi connectivity index (χ1v) is 4.95. The highest BCUT2D eigenvalue weighted by atomic mass is 16.6. The van der Waals surface area contributed by atoms with Crippen LogP contribution in [0.1, 0.15) is 13.8 Å². The Balaban J connectivity index is 2.41. The summed E-state index contributed by atoms with van der Waals surface area (Å²) in [4.78, 5) is 11.3. The molecule has 16 heavy (non-hydrogen) atoms. The van der Waals surface area contributed by atoms with Gasteiger partial charge in [0.2, 0.25) is 0 Å². The van der Waals surface area contributed by atoms with E-state index in [1.807, 2.05) is 6.07 Å². The summed E-state index contributed by atoms with van der Waals surface area (Å²) < 4.78 is 4.99. The average Bonchev–Trinajstić information content (AvgIpc) is 2.28. The molecule has 0 saturated heterocycles. The number of hydrogen-bond acceptors (Lipinski definition) is 3. The molecule has 1 amide bonds. The molecule has 0 spiro atoms. The molecule has 4 heteroatoms. The largest absolute Gasteiger partial charge is 0.412 e. The molecule has 1 rings (SSSR count). The molecule has 0 atom stereocenters. The molecule has 0 heterocycles. The van der Waals surface area contributed by atoms with E-state index in [-0.39, 0.29) is 6.54 Å². The summed E-state index contributed by atoms with van der Waals surface area (Å²) in [5, 5.41) is 11.3. The van der Waals surface area contributed by atoms with Crippen LogP contribution in [-0.4, -0.2) is 12.6 Å². The third kappa shape index (κ3) is 4.01. The molecule has 0 radical (unpaired) electrons. The van der Waals surface area contributed by atoms with Crippen LogP contribution < -0.4 is 10.1 Å². The number of benzene rings is 1. The Morgan fingerprint density at radius 2 is 2.06 bits per heavy atom. The first-order valence-electron chi connectivity index (χ1n) is 4.95. The summed E-state index contributed by atoms with van der Waals surface area (Å²) in [5.41, 5.74) is -0.588.